The molecule has 0 radical (unpaired) electrons. The minimum Gasteiger partial charge on any atom is -0.337 e. The summed E-state index contributed by atoms with van der Waals surface area (Å²) in [5.74, 6) is 0.759. The summed E-state index contributed by atoms with van der Waals surface area (Å²) >= 11 is 0. The van der Waals surface area contributed by atoms with Gasteiger partial charge in [-0.1, -0.05) is 6.92 Å². The van der Waals surface area contributed by atoms with E-state index in [-0.39, 0.29) is 5.91 Å². The topological polar surface area (TPSA) is 59.2 Å². The van der Waals surface area contributed by atoms with E-state index in [9.17, 15) is 4.79 Å². The van der Waals surface area contributed by atoms with Crippen molar-refractivity contribution in [1.82, 2.24) is 9.88 Å². The van der Waals surface area contributed by atoms with Crippen molar-refractivity contribution in [3.8, 4) is 0 Å². The van der Waals surface area contributed by atoms with Gasteiger partial charge >= 0.3 is 0 Å². The molecule has 4 heteroatoms. The van der Waals surface area contributed by atoms with Gasteiger partial charge in [-0.3, -0.25) is 9.78 Å². The number of likely N-dealkylation sites (tertiary alicyclic amines) is 1. The Morgan fingerprint density at radius 2 is 2.24 bits per heavy atom. The van der Waals surface area contributed by atoms with Gasteiger partial charge in [-0.25, -0.2) is 0 Å². The van der Waals surface area contributed by atoms with Crippen LogP contribution >= 0.6 is 0 Å². The first-order valence-corrected chi connectivity index (χ1v) is 6.15. The second kappa shape index (κ2) is 5.27. The first-order valence-electron chi connectivity index (χ1n) is 6.15. The van der Waals surface area contributed by atoms with Gasteiger partial charge < -0.3 is 10.6 Å². The van der Waals surface area contributed by atoms with E-state index in [1.54, 1.807) is 12.3 Å². The van der Waals surface area contributed by atoms with Gasteiger partial charge in [0.2, 0.25) is 0 Å². The van der Waals surface area contributed by atoms with E-state index >= 15 is 0 Å². The van der Waals surface area contributed by atoms with Gasteiger partial charge in [0, 0.05) is 25.8 Å². The lowest BCUT2D eigenvalue weighted by Crippen LogP contribution is -2.38. The predicted molar refractivity (Wildman–Crippen MR) is 66.4 cm³/mol. The average Bonchev–Trinajstić information content (AvgIpc) is 2.39. The molecule has 2 heterocycles. The molecule has 1 aromatic heterocycles. The first kappa shape index (κ1) is 12.0. The molecule has 1 aliphatic heterocycles. The Balaban J connectivity index is 2.08. The second-order valence-corrected chi connectivity index (χ2v) is 4.73. The van der Waals surface area contributed by atoms with Crippen LogP contribution in [0.25, 0.3) is 0 Å². The Morgan fingerprint density at radius 1 is 1.53 bits per heavy atom. The average molecular weight is 233 g/mol. The Kier molecular flexibility index (Phi) is 3.74. The molecule has 1 aliphatic rings. The van der Waals surface area contributed by atoms with E-state index in [2.05, 4.69) is 11.9 Å². The molecule has 0 spiro atoms. The summed E-state index contributed by atoms with van der Waals surface area (Å²) in [6, 6.07) is 3.63. The van der Waals surface area contributed by atoms with Crippen LogP contribution in [0.1, 0.15) is 35.8 Å². The monoisotopic (exact) mass is 233 g/mol. The number of amides is 1. The number of nitrogens with zero attached hydrogens (tertiary/aromatic N) is 2. The summed E-state index contributed by atoms with van der Waals surface area (Å²) in [6.07, 6.45) is 3.83. The fraction of sp³-hybridized carbons (Fsp3) is 0.538. The quantitative estimate of drug-likeness (QED) is 0.840. The molecule has 1 amide bonds. The van der Waals surface area contributed by atoms with Crippen LogP contribution in [0.15, 0.2) is 18.3 Å². The number of aromatic nitrogens is 1. The Hall–Kier alpha value is -1.42. The summed E-state index contributed by atoms with van der Waals surface area (Å²) in [4.78, 5) is 18.2. The zero-order valence-electron chi connectivity index (χ0n) is 10.2. The van der Waals surface area contributed by atoms with Crippen molar-refractivity contribution in [3.05, 3.63) is 29.6 Å². The van der Waals surface area contributed by atoms with Gasteiger partial charge in [-0.05, 0) is 36.5 Å². The number of rotatable bonds is 2. The van der Waals surface area contributed by atoms with Crippen molar-refractivity contribution >= 4 is 5.91 Å². The van der Waals surface area contributed by atoms with Crippen LogP contribution in [0.4, 0.5) is 0 Å². The molecule has 0 bridgehead atoms. The molecule has 0 atom stereocenters. The van der Waals surface area contributed by atoms with Crippen LogP contribution in [-0.4, -0.2) is 28.9 Å². The zero-order chi connectivity index (χ0) is 12.3. The highest BCUT2D eigenvalue weighted by atomic mass is 16.2. The SMILES string of the molecule is CC1CCN(C(=O)c2cc(CN)ccn2)CC1. The second-order valence-electron chi connectivity index (χ2n) is 4.73. The maximum Gasteiger partial charge on any atom is 0.272 e. The van der Waals surface area contributed by atoms with Crippen LogP contribution in [0.3, 0.4) is 0 Å². The lowest BCUT2D eigenvalue weighted by Gasteiger charge is -2.30. The molecule has 4 nitrogen and oxygen atoms in total. The number of carbonyl (C=O) groups is 1. The lowest BCUT2D eigenvalue weighted by atomic mass is 9.99. The first-order chi connectivity index (χ1) is 8.20. The summed E-state index contributed by atoms with van der Waals surface area (Å²) < 4.78 is 0. The van der Waals surface area contributed by atoms with Gasteiger partial charge in [0.25, 0.3) is 5.91 Å². The predicted octanol–water partition coefficient (Wildman–Crippen LogP) is 1.41. The van der Waals surface area contributed by atoms with Crippen molar-refractivity contribution in [2.75, 3.05) is 13.1 Å². The normalized spacial score (nSPS) is 17.2. The van der Waals surface area contributed by atoms with Gasteiger partial charge in [0.1, 0.15) is 5.69 Å². The number of hydrogen-bond acceptors (Lipinski definition) is 3. The highest BCUT2D eigenvalue weighted by Crippen LogP contribution is 2.17. The molecular formula is C13H19N3O. The van der Waals surface area contributed by atoms with E-state index in [0.29, 0.717) is 12.2 Å². The Morgan fingerprint density at radius 3 is 2.88 bits per heavy atom. The number of nitrogens with two attached hydrogens (primary N) is 1. The number of piperidine rings is 1. The molecule has 1 saturated heterocycles. The standard InChI is InChI=1S/C13H19N3O/c1-10-3-6-16(7-4-10)13(17)12-8-11(9-14)2-5-15-12/h2,5,8,10H,3-4,6-7,9,14H2,1H3. The number of carbonyl (C=O) groups excluding carboxylic acids is 1. The highest BCUT2D eigenvalue weighted by Gasteiger charge is 2.22. The van der Waals surface area contributed by atoms with Gasteiger partial charge in [0.15, 0.2) is 0 Å². The molecule has 2 rings (SSSR count). The molecule has 17 heavy (non-hydrogen) atoms. The minimum absolute atomic E-state index is 0.0344. The van der Waals surface area contributed by atoms with Crippen LogP contribution in [-0.2, 0) is 6.54 Å². The third kappa shape index (κ3) is 2.82. The minimum atomic E-state index is 0.0344. The molecule has 0 unspecified atom stereocenters. The fourth-order valence-electron chi connectivity index (χ4n) is 2.09. The van der Waals surface area contributed by atoms with Crippen LogP contribution in [0.5, 0.6) is 0 Å². The maximum atomic E-state index is 12.2. The van der Waals surface area contributed by atoms with Crippen molar-refractivity contribution in [2.45, 2.75) is 26.3 Å². The lowest BCUT2D eigenvalue weighted by molar-refractivity contribution is 0.0691. The summed E-state index contributed by atoms with van der Waals surface area (Å²) in [5.41, 5.74) is 7.03. The highest BCUT2D eigenvalue weighted by molar-refractivity contribution is 5.92. The molecular weight excluding hydrogens is 214 g/mol. The third-order valence-electron chi connectivity index (χ3n) is 3.35. The third-order valence-corrected chi connectivity index (χ3v) is 3.35. The van der Waals surface area contributed by atoms with Crippen LogP contribution in [0, 0.1) is 5.92 Å². The van der Waals surface area contributed by atoms with E-state index in [1.165, 1.54) is 0 Å². The molecule has 1 aromatic rings. The number of pyridine rings is 1. The fourth-order valence-corrected chi connectivity index (χ4v) is 2.09. The summed E-state index contributed by atoms with van der Waals surface area (Å²) in [5, 5.41) is 0. The molecule has 1 fully saturated rings. The molecule has 2 N–H and O–H groups in total. The van der Waals surface area contributed by atoms with E-state index in [4.69, 9.17) is 5.73 Å². The van der Waals surface area contributed by atoms with Crippen molar-refractivity contribution in [1.29, 1.82) is 0 Å². The maximum absolute atomic E-state index is 12.2. The molecule has 92 valence electrons. The van der Waals surface area contributed by atoms with E-state index in [1.807, 2.05) is 11.0 Å². The number of hydrogen-bond donors (Lipinski definition) is 1. The smallest absolute Gasteiger partial charge is 0.272 e. The van der Waals surface area contributed by atoms with Crippen molar-refractivity contribution < 1.29 is 4.79 Å². The molecule has 0 saturated carbocycles. The van der Waals surface area contributed by atoms with Gasteiger partial charge in [0.05, 0.1) is 0 Å². The van der Waals surface area contributed by atoms with Crippen molar-refractivity contribution in [2.24, 2.45) is 11.7 Å². The van der Waals surface area contributed by atoms with E-state index in [0.717, 1.165) is 37.4 Å². The van der Waals surface area contributed by atoms with E-state index < -0.39 is 0 Å². The largest absolute Gasteiger partial charge is 0.337 e. The zero-order valence-corrected chi connectivity index (χ0v) is 10.2. The Bertz CT molecular complexity index is 397. The Labute approximate surface area is 102 Å². The van der Waals surface area contributed by atoms with Crippen molar-refractivity contribution in [3.63, 3.8) is 0 Å². The summed E-state index contributed by atoms with van der Waals surface area (Å²) in [6.45, 7) is 4.36. The van der Waals surface area contributed by atoms with Gasteiger partial charge in [-0.15, -0.1) is 0 Å². The van der Waals surface area contributed by atoms with Crippen LogP contribution in [0.2, 0.25) is 0 Å². The molecule has 0 aliphatic carbocycles. The summed E-state index contributed by atoms with van der Waals surface area (Å²) in [7, 11) is 0. The van der Waals surface area contributed by atoms with Gasteiger partial charge in [-0.2, -0.15) is 0 Å². The molecule has 0 aromatic carbocycles. The van der Waals surface area contributed by atoms with Crippen LogP contribution < -0.4 is 5.73 Å².